The van der Waals surface area contributed by atoms with E-state index < -0.39 is 0 Å². The number of hydrogen-bond donors (Lipinski definition) is 1. The van der Waals surface area contributed by atoms with Crippen LogP contribution in [0.1, 0.15) is 35.9 Å². The number of hydrogen-bond acceptors (Lipinski definition) is 3. The summed E-state index contributed by atoms with van der Waals surface area (Å²) in [6.45, 7) is 5.24. The molecule has 0 fully saturated rings. The lowest BCUT2D eigenvalue weighted by Crippen LogP contribution is -2.11. The van der Waals surface area contributed by atoms with Gasteiger partial charge in [-0.3, -0.25) is 4.49 Å². The molecule has 2 heterocycles. The minimum atomic E-state index is 0.558. The summed E-state index contributed by atoms with van der Waals surface area (Å²) in [7, 11) is 9.84. The molecule has 2 N–H and O–H groups in total. The second-order valence-corrected chi connectivity index (χ2v) is 7.15. The van der Waals surface area contributed by atoms with Crippen molar-refractivity contribution in [3.63, 3.8) is 0 Å². The van der Waals surface area contributed by atoms with Crippen molar-refractivity contribution in [1.82, 2.24) is 4.57 Å². The third-order valence-corrected chi connectivity index (χ3v) is 5.16. The Kier molecular flexibility index (Phi) is 7.01. The van der Waals surface area contributed by atoms with Crippen molar-refractivity contribution in [2.45, 2.75) is 20.3 Å². The molecule has 1 aromatic heterocycles. The predicted octanol–water partition coefficient (Wildman–Crippen LogP) is 3.71. The normalized spacial score (nSPS) is 15.0. The Morgan fingerprint density at radius 2 is 2.03 bits per heavy atom. The Labute approximate surface area is 180 Å². The third-order valence-electron chi connectivity index (χ3n) is 5.16. The molecule has 0 amide bonds. The fourth-order valence-corrected chi connectivity index (χ4v) is 3.79. The van der Waals surface area contributed by atoms with Crippen LogP contribution in [0.2, 0.25) is 0 Å². The first kappa shape index (κ1) is 21.7. The number of allylic oxidation sites excluding steroid dienone is 2. The second-order valence-electron chi connectivity index (χ2n) is 7.15. The van der Waals surface area contributed by atoms with Crippen LogP contribution in [-0.2, 0) is 7.05 Å². The molecule has 0 bridgehead atoms. The number of methoxy groups -OCH3 is 1. The highest BCUT2D eigenvalue weighted by molar-refractivity contribution is 6.01. The molecule has 0 saturated heterocycles. The van der Waals surface area contributed by atoms with E-state index in [1.54, 1.807) is 11.6 Å². The smallest absolute Gasteiger partial charge is 0.493 e. The molecule has 6 heteroatoms. The molecular formula is C24H29BN3O2+. The zero-order valence-corrected chi connectivity index (χ0v) is 18.2. The number of nitrogens with zero attached hydrogens (tertiary/aromatic N) is 2. The fraction of sp³-hybridized carbons (Fsp3) is 0.292. The van der Waals surface area contributed by atoms with E-state index in [0.717, 1.165) is 46.1 Å². The summed E-state index contributed by atoms with van der Waals surface area (Å²) in [5.41, 5.74) is 12.5. The molecule has 5 nitrogen and oxygen atoms in total. The fourth-order valence-electron chi connectivity index (χ4n) is 3.79. The van der Waals surface area contributed by atoms with Crippen LogP contribution in [0.15, 0.2) is 42.1 Å². The number of rotatable bonds is 8. The molecule has 1 aromatic carbocycles. The third kappa shape index (κ3) is 4.44. The maximum Gasteiger partial charge on any atom is 0.586 e. The van der Waals surface area contributed by atoms with Crippen molar-refractivity contribution in [2.75, 3.05) is 20.3 Å². The van der Waals surface area contributed by atoms with Crippen LogP contribution < -0.4 is 15.2 Å². The van der Waals surface area contributed by atoms with Gasteiger partial charge in [-0.1, -0.05) is 12.1 Å². The molecule has 30 heavy (non-hydrogen) atoms. The Bertz CT molecular complexity index is 1040. The minimum absolute atomic E-state index is 0.558. The molecule has 1 aliphatic rings. The number of aryl methyl sites for hydroxylation is 1. The van der Waals surface area contributed by atoms with E-state index in [2.05, 4.69) is 36.8 Å². The summed E-state index contributed by atoms with van der Waals surface area (Å²) in [4.78, 5) is 0. The van der Waals surface area contributed by atoms with E-state index >= 15 is 0 Å². The lowest BCUT2D eigenvalue weighted by molar-refractivity contribution is -0.294. The van der Waals surface area contributed by atoms with Gasteiger partial charge >= 0.3 is 7.98 Å². The van der Waals surface area contributed by atoms with Crippen LogP contribution in [0.5, 0.6) is 11.5 Å². The van der Waals surface area contributed by atoms with Crippen molar-refractivity contribution in [1.29, 1.82) is 0 Å². The van der Waals surface area contributed by atoms with Crippen molar-refractivity contribution < 1.29 is 14.0 Å². The summed E-state index contributed by atoms with van der Waals surface area (Å²) in [5.74, 6) is 1.48. The molecule has 154 valence electrons. The second kappa shape index (κ2) is 9.68. The largest absolute Gasteiger partial charge is 0.586 e. The summed E-state index contributed by atoms with van der Waals surface area (Å²) in [5, 5.41) is 0. The van der Waals surface area contributed by atoms with Crippen molar-refractivity contribution in [2.24, 2.45) is 12.8 Å². The van der Waals surface area contributed by atoms with Gasteiger partial charge in [-0.25, -0.2) is 0 Å². The molecule has 0 unspecified atom stereocenters. The van der Waals surface area contributed by atoms with Gasteiger partial charge < -0.3 is 19.8 Å². The van der Waals surface area contributed by atoms with Crippen LogP contribution in [0, 0.1) is 6.92 Å². The molecule has 3 rings (SSSR count). The topological polar surface area (TPSA) is 52.4 Å². The zero-order valence-electron chi connectivity index (χ0n) is 18.2. The highest BCUT2D eigenvalue weighted by Crippen LogP contribution is 2.31. The summed E-state index contributed by atoms with van der Waals surface area (Å²) in [6.07, 6.45) is 10.8. The average Bonchev–Trinajstić information content (AvgIpc) is 3.28. The van der Waals surface area contributed by atoms with E-state index in [1.807, 2.05) is 43.5 Å². The highest BCUT2D eigenvalue weighted by Gasteiger charge is 2.22. The molecule has 0 atom stereocenters. The van der Waals surface area contributed by atoms with Crippen LogP contribution in [0.25, 0.3) is 17.7 Å². The van der Waals surface area contributed by atoms with Crippen molar-refractivity contribution in [3.8, 4) is 11.5 Å². The number of benzene rings is 1. The van der Waals surface area contributed by atoms with E-state index in [-0.39, 0.29) is 0 Å². The molecular weight excluding hydrogens is 373 g/mol. The quantitative estimate of drug-likeness (QED) is 0.685. The zero-order chi connectivity index (χ0) is 21.7. The molecule has 0 spiro atoms. The lowest BCUT2D eigenvalue weighted by Gasteiger charge is -2.12. The van der Waals surface area contributed by atoms with Crippen molar-refractivity contribution >= 4 is 31.9 Å². The Hall–Kier alpha value is -2.99. The van der Waals surface area contributed by atoms with Crippen LogP contribution in [-0.4, -0.2) is 43.5 Å². The first-order valence-corrected chi connectivity index (χ1v) is 10.1. The number of nitrogens with two attached hydrogens (primary N) is 1. The van der Waals surface area contributed by atoms with E-state index in [9.17, 15) is 0 Å². The highest BCUT2D eigenvalue weighted by atomic mass is 16.5. The SMILES string of the molecule is [B][N+]1=CC=CC1=C(CCN)c1c(C)cc(/C=C/c2ccc(OCC)c(OC)c2)n1C. The Balaban J connectivity index is 1.96. The Morgan fingerprint density at radius 1 is 1.23 bits per heavy atom. The molecule has 1 aliphatic heterocycles. The van der Waals surface area contributed by atoms with Gasteiger partial charge in [0.1, 0.15) is 6.21 Å². The van der Waals surface area contributed by atoms with Gasteiger partial charge in [-0.05, 0) is 62.2 Å². The van der Waals surface area contributed by atoms with Gasteiger partial charge in [0.15, 0.2) is 17.2 Å². The lowest BCUT2D eigenvalue weighted by atomic mass is 10.0. The molecule has 0 aliphatic carbocycles. The van der Waals surface area contributed by atoms with Gasteiger partial charge in [0, 0.05) is 30.5 Å². The first-order valence-electron chi connectivity index (χ1n) is 10.1. The maximum atomic E-state index is 6.12. The van der Waals surface area contributed by atoms with Crippen molar-refractivity contribution in [3.05, 3.63) is 64.6 Å². The molecule has 2 aromatic rings. The Morgan fingerprint density at radius 3 is 2.67 bits per heavy atom. The molecule has 2 radical (unpaired) electrons. The van der Waals surface area contributed by atoms with Gasteiger partial charge in [-0.15, -0.1) is 0 Å². The van der Waals surface area contributed by atoms with Crippen LogP contribution >= 0.6 is 0 Å². The standard InChI is InChI=1S/C24H29BN3O2/c1-5-30-22-11-9-18(16-23(22)29-4)8-10-19-15-17(2)24(27(19)3)20(12-13-26)21-7-6-14-28(21)25/h6-11,14-16H,5,12-13,26H2,1-4H3/q+1/b10-8+. The predicted molar refractivity (Wildman–Crippen MR) is 125 cm³/mol. The number of aromatic nitrogens is 1. The van der Waals surface area contributed by atoms with E-state index in [4.69, 9.17) is 23.2 Å². The van der Waals surface area contributed by atoms with Crippen LogP contribution in [0.4, 0.5) is 0 Å². The average molecular weight is 402 g/mol. The summed E-state index contributed by atoms with van der Waals surface area (Å²) in [6, 6.07) is 8.11. The van der Waals surface area contributed by atoms with Gasteiger partial charge in [0.05, 0.1) is 19.4 Å². The summed E-state index contributed by atoms with van der Waals surface area (Å²) >= 11 is 0. The first-order chi connectivity index (χ1) is 14.5. The maximum absolute atomic E-state index is 6.12. The number of ether oxygens (including phenoxy) is 2. The van der Waals surface area contributed by atoms with Crippen LogP contribution in [0.3, 0.4) is 0 Å². The minimum Gasteiger partial charge on any atom is -0.493 e. The van der Waals surface area contributed by atoms with E-state index in [1.165, 1.54) is 5.56 Å². The van der Waals surface area contributed by atoms with Gasteiger partial charge in [0.25, 0.3) is 0 Å². The summed E-state index contributed by atoms with van der Waals surface area (Å²) < 4.78 is 14.9. The van der Waals surface area contributed by atoms with Gasteiger partial charge in [-0.2, -0.15) is 0 Å². The van der Waals surface area contributed by atoms with E-state index in [0.29, 0.717) is 13.2 Å². The monoisotopic (exact) mass is 402 g/mol. The molecule has 0 saturated carbocycles. The van der Waals surface area contributed by atoms with Gasteiger partial charge in [0.2, 0.25) is 0 Å².